The molecule has 1 atom stereocenters. The molecule has 0 spiro atoms. The largest absolute Gasteiger partial charge is 0.310 e. The van der Waals surface area contributed by atoms with E-state index in [2.05, 4.69) is 9.97 Å². The molecule has 3 rings (SSSR count). The molecule has 0 saturated heterocycles. The van der Waals surface area contributed by atoms with Gasteiger partial charge in [0.05, 0.1) is 0 Å². The lowest BCUT2D eigenvalue weighted by atomic mass is 9.91. The third-order valence-corrected chi connectivity index (χ3v) is 4.22. The molecule has 4 heteroatoms. The first kappa shape index (κ1) is 14.7. The minimum Gasteiger partial charge on any atom is -0.310 e. The second-order valence-corrected chi connectivity index (χ2v) is 6.18. The zero-order chi connectivity index (χ0) is 15.7. The molecule has 1 fully saturated rings. The van der Waals surface area contributed by atoms with E-state index in [1.807, 2.05) is 38.1 Å². The normalized spacial score (nSPS) is 15.5. The number of aromatic nitrogens is 2. The fraction of sp³-hybridized carbons (Fsp3) is 0.389. The van der Waals surface area contributed by atoms with E-state index in [9.17, 15) is 9.59 Å². The summed E-state index contributed by atoms with van der Waals surface area (Å²) < 4.78 is 0. The summed E-state index contributed by atoms with van der Waals surface area (Å²) in [6.45, 7) is 4.09. The Labute approximate surface area is 129 Å². The summed E-state index contributed by atoms with van der Waals surface area (Å²) in [6.07, 6.45) is 2.45. The van der Waals surface area contributed by atoms with Gasteiger partial charge < -0.3 is 4.98 Å². The van der Waals surface area contributed by atoms with Crippen LogP contribution in [-0.4, -0.2) is 15.8 Å². The first-order valence-electron chi connectivity index (χ1n) is 7.74. The highest BCUT2D eigenvalue weighted by Gasteiger charge is 2.27. The molecule has 0 aliphatic heterocycles. The average molecular weight is 296 g/mol. The second kappa shape index (κ2) is 5.87. The summed E-state index contributed by atoms with van der Waals surface area (Å²) in [7, 11) is 0. The van der Waals surface area contributed by atoms with E-state index >= 15 is 0 Å². The maximum atomic E-state index is 12.5. The summed E-state index contributed by atoms with van der Waals surface area (Å²) >= 11 is 0. The van der Waals surface area contributed by atoms with Gasteiger partial charge in [-0.05, 0) is 36.8 Å². The van der Waals surface area contributed by atoms with Crippen LogP contribution < -0.4 is 5.56 Å². The van der Waals surface area contributed by atoms with Crippen molar-refractivity contribution in [3.8, 4) is 0 Å². The predicted octanol–water partition coefficient (Wildman–Crippen LogP) is 3.33. The first-order valence-corrected chi connectivity index (χ1v) is 7.74. The van der Waals surface area contributed by atoms with Crippen LogP contribution in [0.2, 0.25) is 0 Å². The van der Waals surface area contributed by atoms with Crippen LogP contribution in [0.25, 0.3) is 0 Å². The lowest BCUT2D eigenvalue weighted by Crippen LogP contribution is -2.16. The van der Waals surface area contributed by atoms with Gasteiger partial charge in [0, 0.05) is 18.4 Å². The van der Waals surface area contributed by atoms with Crippen molar-refractivity contribution in [2.45, 2.75) is 44.9 Å². The van der Waals surface area contributed by atoms with Crippen molar-refractivity contribution in [2.75, 3.05) is 0 Å². The second-order valence-electron chi connectivity index (χ2n) is 6.18. The molecular formula is C18H20N2O2. The molecule has 1 aliphatic rings. The first-order chi connectivity index (χ1) is 10.5. The minimum atomic E-state index is -0.233. The zero-order valence-electron chi connectivity index (χ0n) is 12.9. The number of Topliss-reactive ketones (excluding diaryl/α,β-unsaturated/α-hetero) is 1. The number of carbonyl (C=O) groups is 1. The van der Waals surface area contributed by atoms with Crippen molar-refractivity contribution >= 4 is 5.78 Å². The molecule has 1 aromatic carbocycles. The van der Waals surface area contributed by atoms with Crippen LogP contribution in [0.5, 0.6) is 0 Å². The number of hydrogen-bond acceptors (Lipinski definition) is 3. The Hall–Kier alpha value is -2.23. The molecule has 0 bridgehead atoms. The van der Waals surface area contributed by atoms with Crippen LogP contribution in [-0.2, 0) is 0 Å². The molecular weight excluding hydrogens is 276 g/mol. The molecule has 1 heterocycles. The highest BCUT2D eigenvalue weighted by Crippen LogP contribution is 2.37. The molecule has 1 aromatic heterocycles. The summed E-state index contributed by atoms with van der Waals surface area (Å²) in [6, 6.07) is 9.40. The number of hydrogen-bond donors (Lipinski definition) is 1. The summed E-state index contributed by atoms with van der Waals surface area (Å²) in [5.74, 6) is 1.04. The van der Waals surface area contributed by atoms with E-state index in [4.69, 9.17) is 0 Å². The number of nitrogens with zero attached hydrogens (tertiary/aromatic N) is 1. The zero-order valence-corrected chi connectivity index (χ0v) is 12.9. The molecule has 4 nitrogen and oxygen atoms in total. The van der Waals surface area contributed by atoms with Crippen LogP contribution in [0.1, 0.15) is 65.5 Å². The third-order valence-electron chi connectivity index (χ3n) is 4.22. The fourth-order valence-electron chi connectivity index (χ4n) is 2.80. The molecule has 1 unspecified atom stereocenters. The van der Waals surface area contributed by atoms with Gasteiger partial charge in [0.2, 0.25) is 0 Å². The van der Waals surface area contributed by atoms with Crippen LogP contribution >= 0.6 is 0 Å². The fourth-order valence-corrected chi connectivity index (χ4v) is 2.80. The molecule has 22 heavy (non-hydrogen) atoms. The van der Waals surface area contributed by atoms with Crippen molar-refractivity contribution in [3.63, 3.8) is 0 Å². The molecule has 2 aromatic rings. The molecule has 114 valence electrons. The molecule has 0 amide bonds. The van der Waals surface area contributed by atoms with Gasteiger partial charge in [-0.25, -0.2) is 4.98 Å². The van der Waals surface area contributed by atoms with Gasteiger partial charge in [0.15, 0.2) is 5.78 Å². The number of rotatable bonds is 5. The quantitative estimate of drug-likeness (QED) is 0.861. The van der Waals surface area contributed by atoms with Gasteiger partial charge in [-0.2, -0.15) is 0 Å². The smallest absolute Gasteiger partial charge is 0.251 e. The third kappa shape index (κ3) is 3.16. The van der Waals surface area contributed by atoms with Gasteiger partial charge in [0.1, 0.15) is 11.5 Å². The van der Waals surface area contributed by atoms with Crippen LogP contribution in [0, 0.1) is 6.92 Å². The highest BCUT2D eigenvalue weighted by atomic mass is 16.1. The Bertz CT molecular complexity index is 760. The maximum absolute atomic E-state index is 12.5. The van der Waals surface area contributed by atoms with Crippen molar-refractivity contribution in [2.24, 2.45) is 0 Å². The Balaban J connectivity index is 1.80. The van der Waals surface area contributed by atoms with Crippen molar-refractivity contribution < 1.29 is 4.79 Å². The lowest BCUT2D eigenvalue weighted by Gasteiger charge is -2.13. The Morgan fingerprint density at radius 1 is 1.36 bits per heavy atom. The molecule has 0 radical (unpaired) electrons. The predicted molar refractivity (Wildman–Crippen MR) is 85.4 cm³/mol. The van der Waals surface area contributed by atoms with Crippen molar-refractivity contribution in [3.05, 3.63) is 63.3 Å². The highest BCUT2D eigenvalue weighted by molar-refractivity contribution is 5.94. The van der Waals surface area contributed by atoms with Crippen LogP contribution in [0.3, 0.4) is 0 Å². The summed E-state index contributed by atoms with van der Waals surface area (Å²) in [4.78, 5) is 31.3. The van der Waals surface area contributed by atoms with E-state index in [1.54, 1.807) is 0 Å². The minimum absolute atomic E-state index is 0.0660. The number of ketones is 1. The Kier molecular flexibility index (Phi) is 3.92. The lowest BCUT2D eigenvalue weighted by molar-refractivity contribution is 0.0970. The SMILES string of the molecule is Cc1ccccc1C(C)CC(=O)c1cc(=O)[nH]c(C2CC2)n1. The molecule has 1 saturated carbocycles. The number of aromatic amines is 1. The number of H-pyrrole nitrogens is 1. The number of benzene rings is 1. The Morgan fingerprint density at radius 2 is 2.09 bits per heavy atom. The van der Waals surface area contributed by atoms with Gasteiger partial charge >= 0.3 is 0 Å². The van der Waals surface area contributed by atoms with Gasteiger partial charge in [-0.3, -0.25) is 9.59 Å². The maximum Gasteiger partial charge on any atom is 0.251 e. The van der Waals surface area contributed by atoms with E-state index < -0.39 is 0 Å². The number of aryl methyl sites for hydroxylation is 1. The molecule has 1 aliphatic carbocycles. The van der Waals surface area contributed by atoms with Gasteiger partial charge in [-0.1, -0.05) is 31.2 Å². The topological polar surface area (TPSA) is 62.8 Å². The summed E-state index contributed by atoms with van der Waals surface area (Å²) in [5.41, 5.74) is 2.42. The Morgan fingerprint density at radius 3 is 2.77 bits per heavy atom. The number of nitrogens with one attached hydrogen (secondary N) is 1. The van der Waals surface area contributed by atoms with Crippen LogP contribution in [0.15, 0.2) is 35.1 Å². The van der Waals surface area contributed by atoms with Crippen LogP contribution in [0.4, 0.5) is 0 Å². The van der Waals surface area contributed by atoms with Crippen molar-refractivity contribution in [1.82, 2.24) is 9.97 Å². The van der Waals surface area contributed by atoms with Crippen molar-refractivity contribution in [1.29, 1.82) is 0 Å². The van der Waals surface area contributed by atoms with E-state index in [0.717, 1.165) is 12.8 Å². The van der Waals surface area contributed by atoms with Gasteiger partial charge in [-0.15, -0.1) is 0 Å². The van der Waals surface area contributed by atoms with E-state index in [1.165, 1.54) is 17.2 Å². The monoisotopic (exact) mass is 296 g/mol. The standard InChI is InChI=1S/C18H20N2O2/c1-11-5-3-4-6-14(11)12(2)9-16(21)15-10-17(22)20-18(19-15)13-7-8-13/h3-6,10,12-13H,7-9H2,1-2H3,(H,19,20,22). The summed E-state index contributed by atoms with van der Waals surface area (Å²) in [5, 5.41) is 0. The van der Waals surface area contributed by atoms with Gasteiger partial charge in [0.25, 0.3) is 5.56 Å². The van der Waals surface area contributed by atoms with E-state index in [0.29, 0.717) is 23.9 Å². The number of carbonyl (C=O) groups excluding carboxylic acids is 1. The average Bonchev–Trinajstić information content (AvgIpc) is 3.31. The van der Waals surface area contributed by atoms with E-state index in [-0.39, 0.29) is 17.3 Å². The molecule has 1 N–H and O–H groups in total.